The van der Waals surface area contributed by atoms with Crippen LogP contribution in [-0.4, -0.2) is 39.9 Å². The minimum atomic E-state index is 0.682. The van der Waals surface area contributed by atoms with Crippen molar-refractivity contribution in [1.82, 2.24) is 10.6 Å². The first kappa shape index (κ1) is 17.6. The highest BCUT2D eigenvalue weighted by Gasteiger charge is 2.20. The Hall–Kier alpha value is -1.75. The van der Waals surface area contributed by atoms with Gasteiger partial charge in [0, 0.05) is 38.9 Å². The zero-order valence-corrected chi connectivity index (χ0v) is 14.5. The molecule has 0 spiro atoms. The molecular formula is C18H29N3O2. The molecule has 0 atom stereocenters. The lowest BCUT2D eigenvalue weighted by molar-refractivity contribution is 0.123. The van der Waals surface area contributed by atoms with Crippen LogP contribution in [-0.2, 0) is 11.3 Å². The van der Waals surface area contributed by atoms with Crippen LogP contribution in [0.3, 0.4) is 0 Å². The van der Waals surface area contributed by atoms with Gasteiger partial charge in [0.25, 0.3) is 0 Å². The lowest BCUT2D eigenvalue weighted by Gasteiger charge is -2.14. The molecule has 1 fully saturated rings. The van der Waals surface area contributed by atoms with Gasteiger partial charge in [-0.1, -0.05) is 12.1 Å². The van der Waals surface area contributed by atoms with Gasteiger partial charge in [0.2, 0.25) is 0 Å². The van der Waals surface area contributed by atoms with E-state index in [9.17, 15) is 0 Å². The summed E-state index contributed by atoms with van der Waals surface area (Å²) in [4.78, 5) is 4.24. The molecule has 0 aliphatic heterocycles. The average molecular weight is 319 g/mol. The summed E-state index contributed by atoms with van der Waals surface area (Å²) >= 11 is 0. The summed E-state index contributed by atoms with van der Waals surface area (Å²) < 4.78 is 11.1. The molecule has 0 heterocycles. The molecule has 1 aliphatic rings. The number of aliphatic imine (C=N–C) groups is 1. The van der Waals surface area contributed by atoms with Gasteiger partial charge in [-0.2, -0.15) is 0 Å². The van der Waals surface area contributed by atoms with Crippen LogP contribution in [0.4, 0.5) is 0 Å². The third-order valence-electron chi connectivity index (χ3n) is 3.92. The van der Waals surface area contributed by atoms with Crippen molar-refractivity contribution in [3.8, 4) is 5.75 Å². The normalized spacial score (nSPS) is 14.7. The summed E-state index contributed by atoms with van der Waals surface area (Å²) in [7, 11) is 3.48. The van der Waals surface area contributed by atoms with Crippen LogP contribution in [0.15, 0.2) is 23.2 Å². The number of hydrogen-bond donors (Lipinski definition) is 2. The van der Waals surface area contributed by atoms with Crippen molar-refractivity contribution in [2.45, 2.75) is 32.7 Å². The maximum Gasteiger partial charge on any atom is 0.191 e. The number of nitrogens with one attached hydrogen (secondary N) is 2. The molecule has 5 heteroatoms. The molecule has 1 aromatic rings. The van der Waals surface area contributed by atoms with Crippen LogP contribution < -0.4 is 15.4 Å². The van der Waals surface area contributed by atoms with E-state index in [-0.39, 0.29) is 0 Å². The Morgan fingerprint density at radius 1 is 1.30 bits per heavy atom. The molecule has 2 N–H and O–H groups in total. The van der Waals surface area contributed by atoms with E-state index in [0.717, 1.165) is 49.4 Å². The van der Waals surface area contributed by atoms with E-state index in [0.29, 0.717) is 6.54 Å². The third-order valence-corrected chi connectivity index (χ3v) is 3.92. The SMILES string of the molecule is CN=C(NCCCOCC1CC1)NCc1ccc(C)cc1OC. The van der Waals surface area contributed by atoms with E-state index in [2.05, 4.69) is 34.7 Å². The molecule has 23 heavy (non-hydrogen) atoms. The van der Waals surface area contributed by atoms with Crippen molar-refractivity contribution in [2.75, 3.05) is 33.9 Å². The standard InChI is InChI=1S/C18H29N3O2/c1-14-5-8-16(17(11-14)22-3)12-21-18(19-2)20-9-4-10-23-13-15-6-7-15/h5,8,11,15H,4,6-7,9-10,12-13H2,1-3H3,(H2,19,20,21). The van der Waals surface area contributed by atoms with Crippen LogP contribution in [0.25, 0.3) is 0 Å². The van der Waals surface area contributed by atoms with Crippen molar-refractivity contribution in [3.63, 3.8) is 0 Å². The number of methoxy groups -OCH3 is 1. The number of hydrogen-bond acceptors (Lipinski definition) is 3. The number of ether oxygens (including phenoxy) is 2. The smallest absolute Gasteiger partial charge is 0.191 e. The second kappa shape index (κ2) is 9.40. The summed E-state index contributed by atoms with van der Waals surface area (Å²) in [6.45, 7) is 5.34. The molecule has 1 saturated carbocycles. The molecular weight excluding hydrogens is 290 g/mol. The average Bonchev–Trinajstić information content (AvgIpc) is 3.38. The molecule has 1 aliphatic carbocycles. The topological polar surface area (TPSA) is 54.9 Å². The predicted molar refractivity (Wildman–Crippen MR) is 94.1 cm³/mol. The lowest BCUT2D eigenvalue weighted by Crippen LogP contribution is -2.37. The van der Waals surface area contributed by atoms with Gasteiger partial charge in [-0.25, -0.2) is 0 Å². The number of guanidine groups is 1. The van der Waals surface area contributed by atoms with E-state index in [1.165, 1.54) is 18.4 Å². The van der Waals surface area contributed by atoms with Crippen LogP contribution in [0.1, 0.15) is 30.4 Å². The van der Waals surface area contributed by atoms with Gasteiger partial charge in [-0.3, -0.25) is 4.99 Å². The number of rotatable bonds is 9. The molecule has 2 rings (SSSR count). The highest BCUT2D eigenvalue weighted by molar-refractivity contribution is 5.79. The van der Waals surface area contributed by atoms with Gasteiger partial charge in [0.15, 0.2) is 5.96 Å². The van der Waals surface area contributed by atoms with Crippen LogP contribution in [0.2, 0.25) is 0 Å². The highest BCUT2D eigenvalue weighted by Crippen LogP contribution is 2.28. The summed E-state index contributed by atoms with van der Waals surface area (Å²) in [6, 6.07) is 6.22. The molecule has 0 bridgehead atoms. The summed E-state index contributed by atoms with van der Waals surface area (Å²) in [5, 5.41) is 6.63. The Labute approximate surface area is 139 Å². The van der Waals surface area contributed by atoms with Crippen molar-refractivity contribution in [1.29, 1.82) is 0 Å². The fourth-order valence-corrected chi connectivity index (χ4v) is 2.31. The van der Waals surface area contributed by atoms with Crippen molar-refractivity contribution in [2.24, 2.45) is 10.9 Å². The fraction of sp³-hybridized carbons (Fsp3) is 0.611. The minimum absolute atomic E-state index is 0.682. The quantitative estimate of drug-likeness (QED) is 0.417. The maximum atomic E-state index is 5.63. The van der Waals surface area contributed by atoms with E-state index in [1.807, 2.05) is 6.07 Å². The molecule has 0 unspecified atom stereocenters. The Balaban J connectivity index is 1.65. The summed E-state index contributed by atoms with van der Waals surface area (Å²) in [6.07, 6.45) is 3.68. The molecule has 1 aromatic carbocycles. The molecule has 0 saturated heterocycles. The van der Waals surface area contributed by atoms with E-state index in [1.54, 1.807) is 14.2 Å². The van der Waals surface area contributed by atoms with E-state index >= 15 is 0 Å². The zero-order valence-electron chi connectivity index (χ0n) is 14.5. The Bertz CT molecular complexity index is 513. The first-order valence-electron chi connectivity index (χ1n) is 8.38. The van der Waals surface area contributed by atoms with Crippen molar-refractivity contribution in [3.05, 3.63) is 29.3 Å². The first-order chi connectivity index (χ1) is 11.2. The largest absolute Gasteiger partial charge is 0.496 e. The van der Waals surface area contributed by atoms with Gasteiger partial charge in [0.1, 0.15) is 5.75 Å². The predicted octanol–water partition coefficient (Wildman–Crippen LogP) is 2.49. The van der Waals surface area contributed by atoms with Gasteiger partial charge in [0.05, 0.1) is 7.11 Å². The Morgan fingerprint density at radius 3 is 2.83 bits per heavy atom. The lowest BCUT2D eigenvalue weighted by atomic mass is 10.1. The summed E-state index contributed by atoms with van der Waals surface area (Å²) in [5.74, 6) is 2.54. The molecule has 0 radical (unpaired) electrons. The van der Waals surface area contributed by atoms with Crippen LogP contribution in [0.5, 0.6) is 5.75 Å². The second-order valence-corrected chi connectivity index (χ2v) is 6.04. The van der Waals surface area contributed by atoms with Gasteiger partial charge in [-0.05, 0) is 43.7 Å². The molecule has 0 amide bonds. The molecule has 128 valence electrons. The Kier molecular flexibility index (Phi) is 7.20. The minimum Gasteiger partial charge on any atom is -0.496 e. The summed E-state index contributed by atoms with van der Waals surface area (Å²) in [5.41, 5.74) is 2.31. The van der Waals surface area contributed by atoms with Gasteiger partial charge in [-0.15, -0.1) is 0 Å². The van der Waals surface area contributed by atoms with Crippen molar-refractivity contribution < 1.29 is 9.47 Å². The van der Waals surface area contributed by atoms with Crippen LogP contribution in [0, 0.1) is 12.8 Å². The number of aryl methyl sites for hydroxylation is 1. The maximum absolute atomic E-state index is 5.63. The molecule has 0 aromatic heterocycles. The molecule has 5 nitrogen and oxygen atoms in total. The van der Waals surface area contributed by atoms with Crippen LogP contribution >= 0.6 is 0 Å². The second-order valence-electron chi connectivity index (χ2n) is 6.04. The van der Waals surface area contributed by atoms with Gasteiger partial charge >= 0.3 is 0 Å². The van der Waals surface area contributed by atoms with Crippen molar-refractivity contribution >= 4 is 5.96 Å². The van der Waals surface area contributed by atoms with Gasteiger partial charge < -0.3 is 20.1 Å². The third kappa shape index (κ3) is 6.48. The number of nitrogens with zero attached hydrogens (tertiary/aromatic N) is 1. The Morgan fingerprint density at radius 2 is 2.13 bits per heavy atom. The first-order valence-corrected chi connectivity index (χ1v) is 8.38. The fourth-order valence-electron chi connectivity index (χ4n) is 2.31. The van der Waals surface area contributed by atoms with E-state index < -0.39 is 0 Å². The zero-order chi connectivity index (χ0) is 16.5. The number of benzene rings is 1. The van der Waals surface area contributed by atoms with E-state index in [4.69, 9.17) is 9.47 Å². The monoisotopic (exact) mass is 319 g/mol. The highest BCUT2D eigenvalue weighted by atomic mass is 16.5.